The smallest absolute Gasteiger partial charge is 0.281 e. The van der Waals surface area contributed by atoms with Gasteiger partial charge in [-0.05, 0) is 33.6 Å². The summed E-state index contributed by atoms with van der Waals surface area (Å²) < 4.78 is 8.93. The van der Waals surface area contributed by atoms with Crippen molar-refractivity contribution in [3.05, 3.63) is 16.0 Å². The second-order valence-corrected chi connectivity index (χ2v) is 6.13. The van der Waals surface area contributed by atoms with Crippen LogP contribution in [0, 0.1) is 6.92 Å². The van der Waals surface area contributed by atoms with E-state index in [1.165, 1.54) is 0 Å². The van der Waals surface area contributed by atoms with Crippen LogP contribution >= 0.6 is 0 Å². The minimum Gasteiger partial charge on any atom is -0.376 e. The molecule has 0 radical (unpaired) electrons. The molecule has 0 bridgehead atoms. The number of hydrogen-bond acceptors (Lipinski definition) is 5. The Labute approximate surface area is 129 Å². The lowest BCUT2D eigenvalue weighted by Gasteiger charge is -2.18. The zero-order chi connectivity index (χ0) is 15.9. The summed E-state index contributed by atoms with van der Waals surface area (Å²) in [5.74, 6) is 0.596. The molecule has 1 aliphatic heterocycles. The lowest BCUT2D eigenvalue weighted by molar-refractivity contribution is 0.120. The first-order valence-electron chi connectivity index (χ1n) is 7.80. The fourth-order valence-corrected chi connectivity index (χ4v) is 3.00. The van der Waals surface area contributed by atoms with Crippen molar-refractivity contribution < 1.29 is 4.74 Å². The number of hydrogen-bond donors (Lipinski definition) is 1. The average Bonchev–Trinajstić information content (AvgIpc) is 3.05. The summed E-state index contributed by atoms with van der Waals surface area (Å²) in [6.07, 6.45) is 2.34. The Balaban J connectivity index is 2.05. The molecule has 2 aromatic rings. The van der Waals surface area contributed by atoms with Crippen LogP contribution in [0.25, 0.3) is 11.0 Å². The zero-order valence-corrected chi connectivity index (χ0v) is 13.6. The van der Waals surface area contributed by atoms with Gasteiger partial charge < -0.3 is 10.1 Å². The van der Waals surface area contributed by atoms with Gasteiger partial charge in [-0.15, -0.1) is 0 Å². The Morgan fingerprint density at radius 1 is 1.45 bits per heavy atom. The maximum absolute atomic E-state index is 12.8. The van der Waals surface area contributed by atoms with E-state index in [9.17, 15) is 4.79 Å². The summed E-state index contributed by atoms with van der Waals surface area (Å²) in [6, 6.07) is 0.0200. The second-order valence-electron chi connectivity index (χ2n) is 6.13. The molecule has 0 spiro atoms. The minimum atomic E-state index is -0.0575. The molecule has 3 rings (SSSR count). The molecule has 0 amide bonds. The Hall–Kier alpha value is -1.89. The molecule has 0 aromatic carbocycles. The van der Waals surface area contributed by atoms with E-state index < -0.39 is 0 Å². The van der Waals surface area contributed by atoms with Crippen LogP contribution < -0.4 is 10.9 Å². The molecule has 1 atom stereocenters. The number of aryl methyl sites for hydroxylation is 2. The van der Waals surface area contributed by atoms with E-state index in [1.807, 2.05) is 20.8 Å². The standard InChI is InChI=1S/C15H23N5O2/c1-9(2)20-14(21)13-12(10(3)18-19(13)4)17-15(20)16-8-11-6-5-7-22-11/h9,11H,5-8H2,1-4H3,(H,16,17)/t11-/m0/s1. The van der Waals surface area contributed by atoms with Crippen molar-refractivity contribution in [3.63, 3.8) is 0 Å². The van der Waals surface area contributed by atoms with E-state index in [1.54, 1.807) is 16.3 Å². The highest BCUT2D eigenvalue weighted by Crippen LogP contribution is 2.19. The second kappa shape index (κ2) is 5.72. The van der Waals surface area contributed by atoms with Gasteiger partial charge >= 0.3 is 0 Å². The van der Waals surface area contributed by atoms with Crippen molar-refractivity contribution in [1.82, 2.24) is 19.3 Å². The molecule has 0 aliphatic carbocycles. The van der Waals surface area contributed by atoms with E-state index in [-0.39, 0.29) is 17.7 Å². The van der Waals surface area contributed by atoms with Crippen molar-refractivity contribution >= 4 is 17.0 Å². The highest BCUT2D eigenvalue weighted by atomic mass is 16.5. The third-order valence-electron chi connectivity index (χ3n) is 4.09. The number of fused-ring (bicyclic) bond motifs is 1. The van der Waals surface area contributed by atoms with Gasteiger partial charge in [-0.1, -0.05) is 0 Å². The first kappa shape index (κ1) is 15.0. The third-order valence-corrected chi connectivity index (χ3v) is 4.09. The predicted octanol–water partition coefficient (Wildman–Crippen LogP) is 1.61. The Bertz CT molecular complexity index is 740. The van der Waals surface area contributed by atoms with E-state index in [4.69, 9.17) is 4.74 Å². The van der Waals surface area contributed by atoms with E-state index in [0.717, 1.165) is 25.1 Å². The quantitative estimate of drug-likeness (QED) is 0.929. The Morgan fingerprint density at radius 3 is 2.86 bits per heavy atom. The fourth-order valence-electron chi connectivity index (χ4n) is 3.00. The molecule has 0 unspecified atom stereocenters. The largest absolute Gasteiger partial charge is 0.376 e. The maximum Gasteiger partial charge on any atom is 0.281 e. The van der Waals surface area contributed by atoms with Crippen molar-refractivity contribution in [2.75, 3.05) is 18.5 Å². The molecule has 3 heterocycles. The molecule has 120 valence electrons. The number of ether oxygens (including phenoxy) is 1. The van der Waals surface area contributed by atoms with Gasteiger partial charge in [0.15, 0.2) is 5.52 Å². The average molecular weight is 305 g/mol. The molecular weight excluding hydrogens is 282 g/mol. The summed E-state index contributed by atoms with van der Waals surface area (Å²) in [5, 5.41) is 7.61. The molecule has 1 aliphatic rings. The molecule has 1 saturated heterocycles. The third kappa shape index (κ3) is 2.49. The fraction of sp³-hybridized carbons (Fsp3) is 0.667. The topological polar surface area (TPSA) is 74.0 Å². The highest BCUT2D eigenvalue weighted by Gasteiger charge is 2.20. The summed E-state index contributed by atoms with van der Waals surface area (Å²) in [5.41, 5.74) is 1.93. The number of aromatic nitrogens is 4. The van der Waals surface area contributed by atoms with Crippen molar-refractivity contribution in [3.8, 4) is 0 Å². The first-order valence-corrected chi connectivity index (χ1v) is 7.80. The summed E-state index contributed by atoms with van der Waals surface area (Å²) >= 11 is 0. The van der Waals surface area contributed by atoms with Gasteiger partial charge in [0, 0.05) is 26.2 Å². The van der Waals surface area contributed by atoms with Gasteiger partial charge in [-0.2, -0.15) is 5.10 Å². The first-order chi connectivity index (χ1) is 10.5. The predicted molar refractivity (Wildman–Crippen MR) is 85.4 cm³/mol. The van der Waals surface area contributed by atoms with Crippen LogP contribution in [0.2, 0.25) is 0 Å². The zero-order valence-electron chi connectivity index (χ0n) is 13.6. The number of nitrogens with zero attached hydrogens (tertiary/aromatic N) is 4. The van der Waals surface area contributed by atoms with E-state index in [2.05, 4.69) is 15.4 Å². The number of rotatable bonds is 4. The van der Waals surface area contributed by atoms with Gasteiger partial charge in [0.05, 0.1) is 11.8 Å². The molecule has 0 saturated carbocycles. The van der Waals surface area contributed by atoms with Gasteiger partial charge in [0.1, 0.15) is 5.52 Å². The van der Waals surface area contributed by atoms with Crippen LogP contribution in [0.15, 0.2) is 4.79 Å². The van der Waals surface area contributed by atoms with Crippen LogP contribution in [-0.2, 0) is 11.8 Å². The Kier molecular flexibility index (Phi) is 3.90. The molecule has 1 N–H and O–H groups in total. The van der Waals surface area contributed by atoms with Crippen LogP contribution in [0.5, 0.6) is 0 Å². The maximum atomic E-state index is 12.8. The minimum absolute atomic E-state index is 0.0200. The summed E-state index contributed by atoms with van der Waals surface area (Å²) in [7, 11) is 1.78. The number of nitrogens with one attached hydrogen (secondary N) is 1. The highest BCUT2D eigenvalue weighted by molar-refractivity contribution is 5.77. The van der Waals surface area contributed by atoms with E-state index >= 15 is 0 Å². The molecule has 22 heavy (non-hydrogen) atoms. The van der Waals surface area contributed by atoms with Crippen LogP contribution in [0.4, 0.5) is 5.95 Å². The monoisotopic (exact) mass is 305 g/mol. The van der Waals surface area contributed by atoms with Crippen molar-refractivity contribution in [2.45, 2.75) is 45.8 Å². The Morgan fingerprint density at radius 2 is 2.23 bits per heavy atom. The van der Waals surface area contributed by atoms with Gasteiger partial charge in [-0.25, -0.2) is 4.98 Å². The molecule has 7 nitrogen and oxygen atoms in total. The van der Waals surface area contributed by atoms with Gasteiger partial charge in [0.25, 0.3) is 5.56 Å². The SMILES string of the molecule is Cc1nn(C)c2c(=O)n(C(C)C)c(NC[C@@H]3CCCO3)nc12. The van der Waals surface area contributed by atoms with E-state index in [0.29, 0.717) is 23.5 Å². The van der Waals surface area contributed by atoms with Gasteiger partial charge in [0.2, 0.25) is 5.95 Å². The van der Waals surface area contributed by atoms with Crippen molar-refractivity contribution in [1.29, 1.82) is 0 Å². The molecule has 7 heteroatoms. The summed E-state index contributed by atoms with van der Waals surface area (Å²) in [6.45, 7) is 7.32. The summed E-state index contributed by atoms with van der Waals surface area (Å²) in [4.78, 5) is 17.5. The number of anilines is 1. The molecule has 1 fully saturated rings. The van der Waals surface area contributed by atoms with Crippen molar-refractivity contribution in [2.24, 2.45) is 7.05 Å². The molecule has 2 aromatic heterocycles. The molecular formula is C15H23N5O2. The van der Waals surface area contributed by atoms with Crippen LogP contribution in [-0.4, -0.2) is 38.6 Å². The lowest BCUT2D eigenvalue weighted by atomic mass is 10.2. The normalized spacial score (nSPS) is 18.5. The van der Waals surface area contributed by atoms with Crippen LogP contribution in [0.1, 0.15) is 38.4 Å². The lowest BCUT2D eigenvalue weighted by Crippen LogP contribution is -2.30. The van der Waals surface area contributed by atoms with Gasteiger partial charge in [-0.3, -0.25) is 14.0 Å². The van der Waals surface area contributed by atoms with Crippen LogP contribution in [0.3, 0.4) is 0 Å².